The monoisotopic (exact) mass is 304 g/mol. The van der Waals surface area contributed by atoms with Gasteiger partial charge in [0, 0.05) is 10.4 Å². The maximum absolute atomic E-state index is 11.7. The number of carbonyl (C=O) groups excluding carboxylic acids is 1. The van der Waals surface area contributed by atoms with Crippen molar-refractivity contribution in [3.05, 3.63) is 45.6 Å². The van der Waals surface area contributed by atoms with Crippen molar-refractivity contribution in [1.29, 1.82) is 0 Å². The molecule has 1 aromatic heterocycles. The number of carbonyl (C=O) groups is 1. The van der Waals surface area contributed by atoms with Crippen LogP contribution in [0.4, 0.5) is 0 Å². The lowest BCUT2D eigenvalue weighted by molar-refractivity contribution is -0.120. The number of benzene rings is 1. The second kappa shape index (κ2) is 6.90. The average Bonchev–Trinajstić information content (AvgIpc) is 2.95. The third-order valence-electron chi connectivity index (χ3n) is 2.78. The first-order chi connectivity index (χ1) is 10.1. The molecule has 21 heavy (non-hydrogen) atoms. The maximum Gasteiger partial charge on any atom is 0.245 e. The van der Waals surface area contributed by atoms with E-state index in [9.17, 15) is 9.90 Å². The van der Waals surface area contributed by atoms with Gasteiger partial charge >= 0.3 is 0 Å². The van der Waals surface area contributed by atoms with Gasteiger partial charge in [-0.15, -0.1) is 11.3 Å². The van der Waals surface area contributed by atoms with E-state index in [1.165, 1.54) is 24.7 Å². The van der Waals surface area contributed by atoms with Crippen LogP contribution in [0.3, 0.4) is 0 Å². The number of hydrazone groups is 1. The van der Waals surface area contributed by atoms with Crippen LogP contribution in [-0.4, -0.2) is 24.3 Å². The number of nitrogens with one attached hydrogen (secondary N) is 1. The summed E-state index contributed by atoms with van der Waals surface area (Å²) in [5.74, 6) is 0.175. The molecule has 0 aliphatic heterocycles. The van der Waals surface area contributed by atoms with Gasteiger partial charge in [0.1, 0.15) is 0 Å². The molecule has 2 aromatic rings. The predicted molar refractivity (Wildman–Crippen MR) is 83.2 cm³/mol. The molecule has 2 N–H and O–H groups in total. The molecule has 1 amide bonds. The van der Waals surface area contributed by atoms with Gasteiger partial charge in [0.2, 0.25) is 5.91 Å². The highest BCUT2D eigenvalue weighted by Crippen LogP contribution is 2.30. The highest BCUT2D eigenvalue weighted by Gasteiger charge is 2.08. The van der Waals surface area contributed by atoms with E-state index in [1.807, 2.05) is 24.4 Å². The first kappa shape index (κ1) is 15.1. The first-order valence-corrected chi connectivity index (χ1v) is 7.20. The summed E-state index contributed by atoms with van der Waals surface area (Å²) < 4.78 is 5.07. The van der Waals surface area contributed by atoms with Gasteiger partial charge in [0.05, 0.1) is 19.7 Å². The fourth-order valence-electron chi connectivity index (χ4n) is 1.81. The number of aromatic hydroxyl groups is 1. The van der Waals surface area contributed by atoms with E-state index < -0.39 is 0 Å². The van der Waals surface area contributed by atoms with Gasteiger partial charge in [-0.3, -0.25) is 4.79 Å². The number of amides is 1. The van der Waals surface area contributed by atoms with Crippen molar-refractivity contribution in [3.63, 3.8) is 0 Å². The molecule has 0 saturated heterocycles. The lowest BCUT2D eigenvalue weighted by Gasteiger charge is -2.07. The van der Waals surface area contributed by atoms with Crippen molar-refractivity contribution in [1.82, 2.24) is 5.43 Å². The third kappa shape index (κ3) is 4.06. The molecule has 110 valence electrons. The smallest absolute Gasteiger partial charge is 0.245 e. The third-order valence-corrected chi connectivity index (χ3v) is 3.65. The largest absolute Gasteiger partial charge is 0.504 e. The number of methoxy groups -OCH3 is 1. The van der Waals surface area contributed by atoms with Crippen LogP contribution in [-0.2, 0) is 11.2 Å². The van der Waals surface area contributed by atoms with Crippen molar-refractivity contribution < 1.29 is 14.6 Å². The quantitative estimate of drug-likeness (QED) is 0.658. The average molecular weight is 304 g/mol. The Hall–Kier alpha value is -2.34. The van der Waals surface area contributed by atoms with Crippen molar-refractivity contribution in [3.8, 4) is 11.5 Å². The Morgan fingerprint density at radius 2 is 2.33 bits per heavy atom. The summed E-state index contributed by atoms with van der Waals surface area (Å²) in [7, 11) is 1.48. The van der Waals surface area contributed by atoms with E-state index in [-0.39, 0.29) is 18.1 Å². The van der Waals surface area contributed by atoms with Crippen LogP contribution in [0.2, 0.25) is 0 Å². The Balaban J connectivity index is 2.01. The van der Waals surface area contributed by atoms with Gasteiger partial charge < -0.3 is 9.84 Å². The number of thiophene rings is 1. The number of hydrogen-bond donors (Lipinski definition) is 2. The number of nitrogens with zero attached hydrogens (tertiary/aromatic N) is 1. The standard InChI is InChI=1S/C15H16N2O3S/c1-10-6-11(15(19)13(7-10)20-2)9-16-17-14(18)8-12-4-3-5-21-12/h3-7,9,19H,8H2,1-2H3,(H,17,18)/b16-9+. The second-order valence-corrected chi connectivity index (χ2v) is 5.49. The molecular weight excluding hydrogens is 288 g/mol. The Kier molecular flexibility index (Phi) is 4.94. The Morgan fingerprint density at radius 3 is 3.00 bits per heavy atom. The van der Waals surface area contributed by atoms with E-state index in [2.05, 4.69) is 10.5 Å². The molecule has 0 unspecified atom stereocenters. The number of phenolic OH excluding ortho intramolecular Hbond substituents is 1. The van der Waals surface area contributed by atoms with Crippen LogP contribution in [0.25, 0.3) is 0 Å². The van der Waals surface area contributed by atoms with Gasteiger partial charge in [-0.05, 0) is 36.1 Å². The summed E-state index contributed by atoms with van der Waals surface area (Å²) >= 11 is 1.52. The van der Waals surface area contributed by atoms with E-state index >= 15 is 0 Å². The molecule has 0 atom stereocenters. The highest BCUT2D eigenvalue weighted by molar-refractivity contribution is 7.10. The summed E-state index contributed by atoms with van der Waals surface area (Å²) in [6, 6.07) is 7.27. The minimum Gasteiger partial charge on any atom is -0.504 e. The lowest BCUT2D eigenvalue weighted by atomic mass is 10.1. The number of aryl methyl sites for hydroxylation is 1. The summed E-state index contributed by atoms with van der Waals surface area (Å²) in [5, 5.41) is 15.7. The second-order valence-electron chi connectivity index (χ2n) is 4.45. The summed E-state index contributed by atoms with van der Waals surface area (Å²) in [6.07, 6.45) is 1.69. The molecule has 1 aromatic carbocycles. The fraction of sp³-hybridized carbons (Fsp3) is 0.200. The van der Waals surface area contributed by atoms with Crippen LogP contribution in [0.1, 0.15) is 16.0 Å². The first-order valence-electron chi connectivity index (χ1n) is 6.32. The van der Waals surface area contributed by atoms with E-state index in [0.29, 0.717) is 11.3 Å². The normalized spacial score (nSPS) is 10.8. The summed E-state index contributed by atoms with van der Waals surface area (Å²) in [5.41, 5.74) is 3.85. The molecule has 0 bridgehead atoms. The molecule has 2 rings (SSSR count). The lowest BCUT2D eigenvalue weighted by Crippen LogP contribution is -2.19. The minimum atomic E-state index is -0.201. The Morgan fingerprint density at radius 1 is 1.52 bits per heavy atom. The number of hydrogen-bond acceptors (Lipinski definition) is 5. The molecule has 0 saturated carbocycles. The van der Waals surface area contributed by atoms with Crippen molar-refractivity contribution in [2.45, 2.75) is 13.3 Å². The van der Waals surface area contributed by atoms with Gasteiger partial charge in [0.15, 0.2) is 11.5 Å². The van der Waals surface area contributed by atoms with E-state index in [4.69, 9.17) is 4.74 Å². The molecule has 0 fully saturated rings. The van der Waals surface area contributed by atoms with E-state index in [1.54, 1.807) is 12.1 Å². The van der Waals surface area contributed by atoms with Crippen LogP contribution in [0, 0.1) is 6.92 Å². The van der Waals surface area contributed by atoms with Crippen LogP contribution >= 0.6 is 11.3 Å². The van der Waals surface area contributed by atoms with Crippen LogP contribution in [0.5, 0.6) is 11.5 Å². The van der Waals surface area contributed by atoms with E-state index in [0.717, 1.165) is 10.4 Å². The zero-order valence-electron chi connectivity index (χ0n) is 11.8. The SMILES string of the molecule is COc1cc(C)cc(/C=N/NC(=O)Cc2cccs2)c1O. The van der Waals surface area contributed by atoms with Crippen molar-refractivity contribution >= 4 is 23.5 Å². The predicted octanol–water partition coefficient (Wildman–Crippen LogP) is 2.46. The Bertz CT molecular complexity index is 651. The molecule has 1 heterocycles. The highest BCUT2D eigenvalue weighted by atomic mass is 32.1. The molecule has 5 nitrogen and oxygen atoms in total. The number of rotatable bonds is 5. The van der Waals surface area contributed by atoms with Crippen molar-refractivity contribution in [2.75, 3.05) is 7.11 Å². The number of ether oxygens (including phenoxy) is 1. The molecule has 0 radical (unpaired) electrons. The number of phenols is 1. The molecule has 0 spiro atoms. The fourth-order valence-corrected chi connectivity index (χ4v) is 2.51. The molecule has 0 aliphatic carbocycles. The molecule has 0 aliphatic rings. The van der Waals surface area contributed by atoms with Crippen molar-refractivity contribution in [2.24, 2.45) is 5.10 Å². The van der Waals surface area contributed by atoms with Gasteiger partial charge in [-0.25, -0.2) is 5.43 Å². The topological polar surface area (TPSA) is 70.9 Å². The maximum atomic E-state index is 11.7. The summed E-state index contributed by atoms with van der Waals surface area (Å²) in [6.45, 7) is 1.88. The minimum absolute atomic E-state index is 0.000596. The zero-order valence-corrected chi connectivity index (χ0v) is 12.6. The van der Waals surface area contributed by atoms with Crippen LogP contribution < -0.4 is 10.2 Å². The molecule has 6 heteroatoms. The zero-order chi connectivity index (χ0) is 15.2. The van der Waals surface area contributed by atoms with Gasteiger partial charge in [0.25, 0.3) is 0 Å². The Labute approximate surface area is 126 Å². The summed E-state index contributed by atoms with van der Waals surface area (Å²) in [4.78, 5) is 12.6. The molecular formula is C15H16N2O3S. The van der Waals surface area contributed by atoms with Gasteiger partial charge in [-0.2, -0.15) is 5.10 Å². The van der Waals surface area contributed by atoms with Gasteiger partial charge in [-0.1, -0.05) is 6.07 Å². The van der Waals surface area contributed by atoms with Crippen LogP contribution in [0.15, 0.2) is 34.7 Å².